The van der Waals surface area contributed by atoms with Gasteiger partial charge in [-0.1, -0.05) is 6.92 Å². The van der Waals surface area contributed by atoms with Crippen LogP contribution in [-0.4, -0.2) is 31.3 Å². The molecule has 96 valence electrons. The SMILES string of the molecule is CCNCC(=O)c1ccc2c(c1)CCN2C(C)=O. The van der Waals surface area contributed by atoms with Gasteiger partial charge in [0.05, 0.1) is 6.54 Å². The molecule has 0 saturated heterocycles. The minimum Gasteiger partial charge on any atom is -0.312 e. The fraction of sp³-hybridized carbons (Fsp3) is 0.429. The first kappa shape index (κ1) is 12.8. The Balaban J connectivity index is 2.19. The highest BCUT2D eigenvalue weighted by molar-refractivity contribution is 5.99. The van der Waals surface area contributed by atoms with E-state index in [0.29, 0.717) is 6.54 Å². The molecule has 4 nitrogen and oxygen atoms in total. The Labute approximate surface area is 107 Å². The van der Waals surface area contributed by atoms with Crippen molar-refractivity contribution in [1.82, 2.24) is 5.32 Å². The molecule has 1 N–H and O–H groups in total. The predicted molar refractivity (Wildman–Crippen MR) is 71.0 cm³/mol. The fourth-order valence-corrected chi connectivity index (χ4v) is 2.24. The van der Waals surface area contributed by atoms with Crippen molar-refractivity contribution in [2.45, 2.75) is 20.3 Å². The number of likely N-dealkylation sites (N-methyl/N-ethyl adjacent to an activating group) is 1. The minimum absolute atomic E-state index is 0.0560. The number of fused-ring (bicyclic) bond motifs is 1. The Kier molecular flexibility index (Phi) is 3.77. The minimum atomic E-state index is 0.0560. The van der Waals surface area contributed by atoms with Gasteiger partial charge in [-0.05, 0) is 36.7 Å². The lowest BCUT2D eigenvalue weighted by Crippen LogP contribution is -2.25. The molecule has 0 fully saturated rings. The zero-order chi connectivity index (χ0) is 13.1. The molecule has 0 spiro atoms. The number of benzene rings is 1. The van der Waals surface area contributed by atoms with Gasteiger partial charge in [0.1, 0.15) is 0 Å². The Hall–Kier alpha value is -1.68. The van der Waals surface area contributed by atoms with E-state index in [-0.39, 0.29) is 11.7 Å². The quantitative estimate of drug-likeness (QED) is 0.817. The first-order valence-electron chi connectivity index (χ1n) is 6.28. The van der Waals surface area contributed by atoms with Crippen molar-refractivity contribution >= 4 is 17.4 Å². The van der Waals surface area contributed by atoms with Crippen LogP contribution in [0.15, 0.2) is 18.2 Å². The molecule has 0 atom stereocenters. The summed E-state index contributed by atoms with van der Waals surface area (Å²) in [5.74, 6) is 0.154. The van der Waals surface area contributed by atoms with Crippen LogP contribution in [0.3, 0.4) is 0 Å². The topological polar surface area (TPSA) is 49.4 Å². The number of nitrogens with one attached hydrogen (secondary N) is 1. The normalized spacial score (nSPS) is 13.6. The standard InChI is InChI=1S/C14H18N2O2/c1-3-15-9-14(18)12-4-5-13-11(8-12)6-7-16(13)10(2)17/h4-5,8,15H,3,6-7,9H2,1-2H3. The Morgan fingerprint density at radius 3 is 2.83 bits per heavy atom. The summed E-state index contributed by atoms with van der Waals surface area (Å²) in [4.78, 5) is 25.1. The van der Waals surface area contributed by atoms with Gasteiger partial charge in [0.2, 0.25) is 5.91 Å². The summed E-state index contributed by atoms with van der Waals surface area (Å²) in [5.41, 5.74) is 2.76. The van der Waals surface area contributed by atoms with Crippen LogP contribution in [0.2, 0.25) is 0 Å². The van der Waals surface area contributed by atoms with Gasteiger partial charge >= 0.3 is 0 Å². The number of rotatable bonds is 4. The Morgan fingerprint density at radius 2 is 2.17 bits per heavy atom. The van der Waals surface area contributed by atoms with Crippen molar-refractivity contribution in [2.24, 2.45) is 0 Å². The summed E-state index contributed by atoms with van der Waals surface area (Å²) < 4.78 is 0. The van der Waals surface area contributed by atoms with Crippen LogP contribution in [0.5, 0.6) is 0 Å². The zero-order valence-corrected chi connectivity index (χ0v) is 10.8. The van der Waals surface area contributed by atoms with Gasteiger partial charge in [0, 0.05) is 24.7 Å². The number of amides is 1. The highest BCUT2D eigenvalue weighted by atomic mass is 16.2. The first-order valence-corrected chi connectivity index (χ1v) is 6.28. The summed E-state index contributed by atoms with van der Waals surface area (Å²) in [7, 11) is 0. The molecule has 1 aromatic rings. The summed E-state index contributed by atoms with van der Waals surface area (Å²) >= 11 is 0. The summed E-state index contributed by atoms with van der Waals surface area (Å²) in [6, 6.07) is 5.60. The maximum absolute atomic E-state index is 11.9. The van der Waals surface area contributed by atoms with Crippen molar-refractivity contribution in [3.63, 3.8) is 0 Å². The Bertz CT molecular complexity index is 483. The summed E-state index contributed by atoms with van der Waals surface area (Å²) in [5, 5.41) is 3.03. The molecule has 18 heavy (non-hydrogen) atoms. The molecular weight excluding hydrogens is 228 g/mol. The molecule has 1 aliphatic rings. The molecule has 1 aliphatic heterocycles. The van der Waals surface area contributed by atoms with E-state index >= 15 is 0 Å². The molecule has 0 unspecified atom stereocenters. The van der Waals surface area contributed by atoms with Crippen LogP contribution in [0.1, 0.15) is 29.8 Å². The lowest BCUT2D eigenvalue weighted by atomic mass is 10.1. The summed E-state index contributed by atoms with van der Waals surface area (Å²) in [6.45, 7) is 5.41. The van der Waals surface area contributed by atoms with Crippen molar-refractivity contribution < 1.29 is 9.59 Å². The molecule has 0 radical (unpaired) electrons. The van der Waals surface area contributed by atoms with E-state index in [1.165, 1.54) is 0 Å². The lowest BCUT2D eigenvalue weighted by Gasteiger charge is -2.14. The molecule has 0 aliphatic carbocycles. The number of ketones is 1. The number of carbonyl (C=O) groups is 2. The van der Waals surface area contributed by atoms with Gasteiger partial charge in [0.25, 0.3) is 0 Å². The molecule has 1 heterocycles. The molecule has 0 bridgehead atoms. The van der Waals surface area contributed by atoms with E-state index in [1.54, 1.807) is 17.9 Å². The highest BCUT2D eigenvalue weighted by Gasteiger charge is 2.22. The third-order valence-electron chi connectivity index (χ3n) is 3.21. The van der Waals surface area contributed by atoms with Crippen LogP contribution in [-0.2, 0) is 11.2 Å². The second-order valence-corrected chi connectivity index (χ2v) is 4.47. The van der Waals surface area contributed by atoms with Gasteiger partial charge in [-0.3, -0.25) is 9.59 Å². The zero-order valence-electron chi connectivity index (χ0n) is 10.8. The second-order valence-electron chi connectivity index (χ2n) is 4.47. The summed E-state index contributed by atoms with van der Waals surface area (Å²) in [6.07, 6.45) is 0.831. The second kappa shape index (κ2) is 5.31. The van der Waals surface area contributed by atoms with E-state index < -0.39 is 0 Å². The number of carbonyl (C=O) groups excluding carboxylic acids is 2. The van der Waals surface area contributed by atoms with Gasteiger partial charge in [-0.15, -0.1) is 0 Å². The van der Waals surface area contributed by atoms with E-state index in [4.69, 9.17) is 0 Å². The molecule has 0 aromatic heterocycles. The largest absolute Gasteiger partial charge is 0.312 e. The molecule has 4 heteroatoms. The average molecular weight is 246 g/mol. The number of Topliss-reactive ketones (excluding diaryl/α,β-unsaturated/α-hetero) is 1. The van der Waals surface area contributed by atoms with Crippen LogP contribution in [0.4, 0.5) is 5.69 Å². The molecular formula is C14H18N2O2. The molecule has 0 saturated carbocycles. The van der Waals surface area contributed by atoms with E-state index in [0.717, 1.165) is 36.3 Å². The van der Waals surface area contributed by atoms with Gasteiger partial charge in [0.15, 0.2) is 5.78 Å². The molecule has 1 amide bonds. The molecule has 1 aromatic carbocycles. The van der Waals surface area contributed by atoms with Gasteiger partial charge in [-0.25, -0.2) is 0 Å². The van der Waals surface area contributed by atoms with Crippen molar-refractivity contribution in [1.29, 1.82) is 0 Å². The Morgan fingerprint density at radius 1 is 1.39 bits per heavy atom. The number of anilines is 1. The average Bonchev–Trinajstić information content (AvgIpc) is 2.78. The third kappa shape index (κ3) is 2.43. The lowest BCUT2D eigenvalue weighted by molar-refractivity contribution is -0.116. The van der Waals surface area contributed by atoms with Crippen molar-refractivity contribution in [3.05, 3.63) is 29.3 Å². The van der Waals surface area contributed by atoms with Gasteiger partial charge < -0.3 is 10.2 Å². The van der Waals surface area contributed by atoms with Crippen LogP contribution >= 0.6 is 0 Å². The monoisotopic (exact) mass is 246 g/mol. The maximum Gasteiger partial charge on any atom is 0.223 e. The van der Waals surface area contributed by atoms with Crippen LogP contribution in [0.25, 0.3) is 0 Å². The van der Waals surface area contributed by atoms with Crippen molar-refractivity contribution in [3.8, 4) is 0 Å². The third-order valence-corrected chi connectivity index (χ3v) is 3.21. The maximum atomic E-state index is 11.9. The van der Waals surface area contributed by atoms with E-state index in [9.17, 15) is 9.59 Å². The van der Waals surface area contributed by atoms with Crippen LogP contribution in [0, 0.1) is 0 Å². The predicted octanol–water partition coefficient (Wildman–Crippen LogP) is 1.39. The number of nitrogens with zero attached hydrogens (tertiary/aromatic N) is 1. The van der Waals surface area contributed by atoms with Crippen LogP contribution < -0.4 is 10.2 Å². The number of hydrogen-bond acceptors (Lipinski definition) is 3. The molecule has 2 rings (SSSR count). The van der Waals surface area contributed by atoms with Crippen molar-refractivity contribution in [2.75, 3.05) is 24.5 Å². The first-order chi connectivity index (χ1) is 8.63. The van der Waals surface area contributed by atoms with Gasteiger partial charge in [-0.2, -0.15) is 0 Å². The number of hydrogen-bond donors (Lipinski definition) is 1. The fourth-order valence-electron chi connectivity index (χ4n) is 2.24. The highest BCUT2D eigenvalue weighted by Crippen LogP contribution is 2.28. The van der Waals surface area contributed by atoms with E-state index in [1.807, 2.05) is 19.1 Å². The van der Waals surface area contributed by atoms with E-state index in [2.05, 4.69) is 5.32 Å². The smallest absolute Gasteiger partial charge is 0.223 e.